The van der Waals surface area contributed by atoms with Crippen molar-refractivity contribution in [3.63, 3.8) is 0 Å². The first kappa shape index (κ1) is 18.2. The Hall–Kier alpha value is -1.78. The van der Waals surface area contributed by atoms with Crippen molar-refractivity contribution >= 4 is 0 Å². The SMILES string of the molecule is C=CCOCC=C.CCOCc1ccc(O)c(OC)c1. The van der Waals surface area contributed by atoms with Crippen LogP contribution in [0.1, 0.15) is 12.5 Å². The highest BCUT2D eigenvalue weighted by Crippen LogP contribution is 2.26. The molecule has 0 heterocycles. The van der Waals surface area contributed by atoms with Crippen LogP contribution >= 0.6 is 0 Å². The molecule has 112 valence electrons. The maximum Gasteiger partial charge on any atom is 0.160 e. The number of ether oxygens (including phenoxy) is 3. The zero-order valence-corrected chi connectivity index (χ0v) is 12.3. The topological polar surface area (TPSA) is 47.9 Å². The number of methoxy groups -OCH3 is 1. The molecular formula is C16H24O4. The second-order valence-corrected chi connectivity index (χ2v) is 3.76. The lowest BCUT2D eigenvalue weighted by atomic mass is 10.2. The minimum absolute atomic E-state index is 0.155. The highest BCUT2D eigenvalue weighted by molar-refractivity contribution is 5.41. The predicted octanol–water partition coefficient (Wildman–Crippen LogP) is 3.31. The first-order valence-corrected chi connectivity index (χ1v) is 6.42. The van der Waals surface area contributed by atoms with E-state index in [9.17, 15) is 5.11 Å². The van der Waals surface area contributed by atoms with E-state index in [1.165, 1.54) is 7.11 Å². The third-order valence-electron chi connectivity index (χ3n) is 2.19. The second kappa shape index (κ2) is 12.3. The summed E-state index contributed by atoms with van der Waals surface area (Å²) in [5.74, 6) is 0.639. The van der Waals surface area contributed by atoms with Gasteiger partial charge in [-0.15, -0.1) is 13.2 Å². The summed E-state index contributed by atoms with van der Waals surface area (Å²) in [6, 6.07) is 5.19. The largest absolute Gasteiger partial charge is 0.504 e. The van der Waals surface area contributed by atoms with E-state index < -0.39 is 0 Å². The van der Waals surface area contributed by atoms with Gasteiger partial charge in [-0.25, -0.2) is 0 Å². The Labute approximate surface area is 121 Å². The number of aromatic hydroxyl groups is 1. The fraction of sp³-hybridized carbons (Fsp3) is 0.375. The molecule has 1 aromatic rings. The Bertz CT molecular complexity index is 380. The Kier molecular flexibility index (Phi) is 11.2. The van der Waals surface area contributed by atoms with Gasteiger partial charge in [0.2, 0.25) is 0 Å². The van der Waals surface area contributed by atoms with E-state index in [1.807, 2.05) is 13.0 Å². The van der Waals surface area contributed by atoms with Gasteiger partial charge < -0.3 is 19.3 Å². The number of phenols is 1. The first-order chi connectivity index (χ1) is 9.69. The Morgan fingerprint density at radius 1 is 1.15 bits per heavy atom. The third kappa shape index (κ3) is 8.34. The molecule has 0 radical (unpaired) electrons. The maximum absolute atomic E-state index is 9.29. The summed E-state index contributed by atoms with van der Waals surface area (Å²) in [4.78, 5) is 0. The molecule has 1 aromatic carbocycles. The van der Waals surface area contributed by atoms with Crippen LogP contribution in [0.5, 0.6) is 11.5 Å². The molecule has 0 fully saturated rings. The van der Waals surface area contributed by atoms with Crippen LogP contribution in [0.15, 0.2) is 43.5 Å². The zero-order valence-electron chi connectivity index (χ0n) is 12.3. The molecular weight excluding hydrogens is 256 g/mol. The summed E-state index contributed by atoms with van der Waals surface area (Å²) in [5, 5.41) is 9.29. The molecule has 4 heteroatoms. The second-order valence-electron chi connectivity index (χ2n) is 3.76. The molecule has 1 N–H and O–H groups in total. The fourth-order valence-corrected chi connectivity index (χ4v) is 1.27. The summed E-state index contributed by atoms with van der Waals surface area (Å²) in [6.45, 7) is 11.4. The van der Waals surface area contributed by atoms with E-state index in [4.69, 9.17) is 14.2 Å². The zero-order chi connectivity index (χ0) is 15.2. The van der Waals surface area contributed by atoms with Crippen LogP contribution in [-0.4, -0.2) is 32.0 Å². The van der Waals surface area contributed by atoms with Gasteiger partial charge in [0.15, 0.2) is 11.5 Å². The van der Waals surface area contributed by atoms with Crippen LogP contribution in [0.4, 0.5) is 0 Å². The summed E-state index contributed by atoms with van der Waals surface area (Å²) in [5.41, 5.74) is 0.997. The molecule has 0 saturated carbocycles. The number of phenolic OH excluding ortho intramolecular Hbond substituents is 1. The van der Waals surface area contributed by atoms with Crippen molar-refractivity contribution in [2.24, 2.45) is 0 Å². The van der Waals surface area contributed by atoms with Crippen LogP contribution in [0, 0.1) is 0 Å². The molecule has 0 aliphatic rings. The quantitative estimate of drug-likeness (QED) is 0.586. The van der Waals surface area contributed by atoms with Gasteiger partial charge in [-0.3, -0.25) is 0 Å². The average molecular weight is 280 g/mol. The monoisotopic (exact) mass is 280 g/mol. The van der Waals surface area contributed by atoms with Crippen LogP contribution in [0.2, 0.25) is 0 Å². The third-order valence-corrected chi connectivity index (χ3v) is 2.19. The fourth-order valence-electron chi connectivity index (χ4n) is 1.27. The molecule has 0 saturated heterocycles. The molecule has 0 aliphatic carbocycles. The van der Waals surface area contributed by atoms with Crippen molar-refractivity contribution in [2.45, 2.75) is 13.5 Å². The molecule has 0 aliphatic heterocycles. The van der Waals surface area contributed by atoms with Crippen LogP contribution in [-0.2, 0) is 16.1 Å². The molecule has 0 atom stereocenters. The van der Waals surface area contributed by atoms with Gasteiger partial charge in [0, 0.05) is 6.61 Å². The molecule has 1 rings (SSSR count). The lowest BCUT2D eigenvalue weighted by Crippen LogP contribution is -1.92. The number of rotatable bonds is 8. The van der Waals surface area contributed by atoms with Gasteiger partial charge in [-0.05, 0) is 24.6 Å². The van der Waals surface area contributed by atoms with Gasteiger partial charge in [0.1, 0.15) is 0 Å². The van der Waals surface area contributed by atoms with Crippen LogP contribution in [0.3, 0.4) is 0 Å². The van der Waals surface area contributed by atoms with E-state index in [-0.39, 0.29) is 5.75 Å². The molecule has 4 nitrogen and oxygen atoms in total. The lowest BCUT2D eigenvalue weighted by Gasteiger charge is -2.06. The van der Waals surface area contributed by atoms with Crippen molar-refractivity contribution in [3.05, 3.63) is 49.1 Å². The molecule has 0 unspecified atom stereocenters. The summed E-state index contributed by atoms with van der Waals surface area (Å²) in [6.07, 6.45) is 3.42. The van der Waals surface area contributed by atoms with Gasteiger partial charge in [0.25, 0.3) is 0 Å². The van der Waals surface area contributed by atoms with Gasteiger partial charge >= 0.3 is 0 Å². The van der Waals surface area contributed by atoms with Crippen LogP contribution in [0.25, 0.3) is 0 Å². The number of hydrogen-bond donors (Lipinski definition) is 1. The van der Waals surface area contributed by atoms with Crippen molar-refractivity contribution in [2.75, 3.05) is 26.9 Å². The van der Waals surface area contributed by atoms with E-state index in [2.05, 4.69) is 13.2 Å². The minimum atomic E-state index is 0.155. The highest BCUT2D eigenvalue weighted by Gasteiger charge is 2.01. The molecule has 0 amide bonds. The van der Waals surface area contributed by atoms with Crippen molar-refractivity contribution < 1.29 is 19.3 Å². The van der Waals surface area contributed by atoms with E-state index in [0.717, 1.165) is 5.56 Å². The lowest BCUT2D eigenvalue weighted by molar-refractivity contribution is 0.134. The highest BCUT2D eigenvalue weighted by atomic mass is 16.5. The van der Waals surface area contributed by atoms with Crippen molar-refractivity contribution in [1.29, 1.82) is 0 Å². The molecule has 0 bridgehead atoms. The molecule has 20 heavy (non-hydrogen) atoms. The minimum Gasteiger partial charge on any atom is -0.504 e. The Morgan fingerprint density at radius 2 is 1.80 bits per heavy atom. The average Bonchev–Trinajstić information content (AvgIpc) is 2.47. The van der Waals surface area contributed by atoms with Gasteiger partial charge in [0.05, 0.1) is 26.9 Å². The predicted molar refractivity (Wildman–Crippen MR) is 81.2 cm³/mol. The smallest absolute Gasteiger partial charge is 0.160 e. The Morgan fingerprint density at radius 3 is 2.30 bits per heavy atom. The first-order valence-electron chi connectivity index (χ1n) is 6.42. The number of hydrogen-bond acceptors (Lipinski definition) is 4. The summed E-state index contributed by atoms with van der Waals surface area (Å²) < 4.78 is 15.1. The Balaban J connectivity index is 0.000000441. The summed E-state index contributed by atoms with van der Waals surface area (Å²) in [7, 11) is 1.53. The van der Waals surface area contributed by atoms with Crippen LogP contribution < -0.4 is 4.74 Å². The standard InChI is InChI=1S/C10H14O3.C6H10O/c1-3-13-7-8-4-5-9(11)10(6-8)12-2;1-3-5-7-6-4-2/h4-6,11H,3,7H2,1-2H3;3-4H,1-2,5-6H2. The van der Waals surface area contributed by atoms with Gasteiger partial charge in [-0.2, -0.15) is 0 Å². The van der Waals surface area contributed by atoms with Crippen molar-refractivity contribution in [3.8, 4) is 11.5 Å². The number of benzene rings is 1. The molecule has 0 aromatic heterocycles. The van der Waals surface area contributed by atoms with E-state index in [1.54, 1.807) is 24.3 Å². The van der Waals surface area contributed by atoms with E-state index in [0.29, 0.717) is 32.2 Å². The normalized spacial score (nSPS) is 9.30. The summed E-state index contributed by atoms with van der Waals surface area (Å²) >= 11 is 0. The maximum atomic E-state index is 9.29. The van der Waals surface area contributed by atoms with Gasteiger partial charge in [-0.1, -0.05) is 18.2 Å². The van der Waals surface area contributed by atoms with Crippen molar-refractivity contribution in [1.82, 2.24) is 0 Å². The van der Waals surface area contributed by atoms with E-state index >= 15 is 0 Å². The molecule has 0 spiro atoms.